The summed E-state index contributed by atoms with van der Waals surface area (Å²) in [7, 11) is 1.82. The lowest BCUT2D eigenvalue weighted by atomic mass is 9.95. The molecule has 9 heteroatoms. The Balaban J connectivity index is 0.00000225. The first-order valence-electron chi connectivity index (χ1n) is 9.53. The third-order valence-electron chi connectivity index (χ3n) is 5.47. The highest BCUT2D eigenvalue weighted by Crippen LogP contribution is 2.34. The van der Waals surface area contributed by atoms with Crippen molar-refractivity contribution >= 4 is 41.7 Å². The maximum Gasteiger partial charge on any atom is 0.231 e. The minimum Gasteiger partial charge on any atom is -0.454 e. The molecule has 156 valence electrons. The molecule has 2 N–H and O–H groups in total. The molecule has 3 heterocycles. The van der Waals surface area contributed by atoms with Gasteiger partial charge in [0.2, 0.25) is 6.79 Å². The molecule has 1 aromatic rings. The molecule has 0 amide bonds. The summed E-state index contributed by atoms with van der Waals surface area (Å²) in [6.45, 7) is 5.61. The Labute approximate surface area is 188 Å². The lowest BCUT2D eigenvalue weighted by Crippen LogP contribution is -2.60. The molecule has 3 aliphatic heterocycles. The average Bonchev–Trinajstić information content (AvgIpc) is 3.38. The van der Waals surface area contributed by atoms with Crippen molar-refractivity contribution in [3.8, 4) is 11.5 Å². The second-order valence-electron chi connectivity index (χ2n) is 7.09. The summed E-state index contributed by atoms with van der Waals surface area (Å²) in [5, 5.41) is 6.97. The minimum atomic E-state index is 0. The van der Waals surface area contributed by atoms with Gasteiger partial charge in [-0.2, -0.15) is 11.8 Å². The van der Waals surface area contributed by atoms with Gasteiger partial charge in [0.15, 0.2) is 17.5 Å². The highest BCUT2D eigenvalue weighted by Gasteiger charge is 2.40. The van der Waals surface area contributed by atoms with Crippen LogP contribution in [-0.4, -0.2) is 74.6 Å². The van der Waals surface area contributed by atoms with Crippen LogP contribution in [-0.2, 0) is 11.3 Å². The first-order valence-corrected chi connectivity index (χ1v) is 10.7. The molecule has 0 aliphatic carbocycles. The predicted octanol–water partition coefficient (Wildman–Crippen LogP) is 1.91. The Morgan fingerprint density at radius 1 is 1.21 bits per heavy atom. The van der Waals surface area contributed by atoms with E-state index >= 15 is 0 Å². The zero-order valence-electron chi connectivity index (χ0n) is 16.2. The number of fused-ring (bicyclic) bond motifs is 1. The van der Waals surface area contributed by atoms with E-state index in [1.807, 2.05) is 30.9 Å². The van der Waals surface area contributed by atoms with Gasteiger partial charge in [0.05, 0.1) is 13.2 Å². The van der Waals surface area contributed by atoms with Crippen molar-refractivity contribution in [1.29, 1.82) is 0 Å². The van der Waals surface area contributed by atoms with Crippen LogP contribution in [0.4, 0.5) is 0 Å². The van der Waals surface area contributed by atoms with Crippen LogP contribution in [0.25, 0.3) is 0 Å². The molecule has 0 radical (unpaired) electrons. The number of nitrogens with one attached hydrogen (secondary N) is 2. The predicted molar refractivity (Wildman–Crippen MR) is 123 cm³/mol. The van der Waals surface area contributed by atoms with Crippen LogP contribution in [0.2, 0.25) is 0 Å². The van der Waals surface area contributed by atoms with Crippen molar-refractivity contribution in [3.05, 3.63) is 23.8 Å². The van der Waals surface area contributed by atoms with Crippen LogP contribution in [0.1, 0.15) is 12.0 Å². The first-order chi connectivity index (χ1) is 13.3. The molecule has 0 bridgehead atoms. The fourth-order valence-corrected chi connectivity index (χ4v) is 5.32. The van der Waals surface area contributed by atoms with Crippen molar-refractivity contribution in [2.75, 3.05) is 58.2 Å². The fraction of sp³-hybridized carbons (Fsp3) is 0.632. The number of thioether (sulfide) groups is 1. The molecule has 7 nitrogen and oxygen atoms in total. The van der Waals surface area contributed by atoms with E-state index in [2.05, 4.69) is 26.6 Å². The zero-order valence-corrected chi connectivity index (χ0v) is 19.4. The Morgan fingerprint density at radius 2 is 2.04 bits per heavy atom. The number of hydrogen-bond donors (Lipinski definition) is 2. The highest BCUT2D eigenvalue weighted by atomic mass is 127. The number of aliphatic imine (C=N–C) groups is 1. The Morgan fingerprint density at radius 3 is 2.79 bits per heavy atom. The summed E-state index contributed by atoms with van der Waals surface area (Å²) in [5.74, 6) is 4.85. The molecule has 4 rings (SSSR count). The van der Waals surface area contributed by atoms with E-state index in [9.17, 15) is 0 Å². The van der Waals surface area contributed by atoms with E-state index in [1.165, 1.54) is 17.9 Å². The number of halogens is 1. The third kappa shape index (κ3) is 4.98. The molecule has 3 aliphatic rings. The van der Waals surface area contributed by atoms with Crippen molar-refractivity contribution in [1.82, 2.24) is 15.5 Å². The van der Waals surface area contributed by atoms with Gasteiger partial charge in [0.25, 0.3) is 0 Å². The number of nitrogens with zero attached hydrogens (tertiary/aromatic N) is 2. The van der Waals surface area contributed by atoms with Crippen molar-refractivity contribution in [3.63, 3.8) is 0 Å². The van der Waals surface area contributed by atoms with Crippen molar-refractivity contribution < 1.29 is 14.2 Å². The number of ether oxygens (including phenoxy) is 3. The Bertz CT molecular complexity index is 679. The molecule has 0 aromatic heterocycles. The first kappa shape index (κ1) is 21.8. The number of hydrogen-bond acceptors (Lipinski definition) is 6. The van der Waals surface area contributed by atoms with E-state index in [1.54, 1.807) is 0 Å². The number of benzene rings is 1. The van der Waals surface area contributed by atoms with E-state index in [-0.39, 0.29) is 29.5 Å². The second-order valence-corrected chi connectivity index (χ2v) is 8.20. The van der Waals surface area contributed by atoms with Crippen LogP contribution >= 0.6 is 35.7 Å². The molecule has 2 fully saturated rings. The molecular formula is C19H29IN4O3S. The number of morpholine rings is 1. The highest BCUT2D eigenvalue weighted by molar-refractivity contribution is 14.0. The van der Waals surface area contributed by atoms with Gasteiger partial charge in [-0.1, -0.05) is 6.07 Å². The summed E-state index contributed by atoms with van der Waals surface area (Å²) in [6, 6.07) is 6.03. The van der Waals surface area contributed by atoms with Crippen LogP contribution in [0.3, 0.4) is 0 Å². The Hall–Kier alpha value is -0.910. The van der Waals surface area contributed by atoms with Crippen molar-refractivity contribution in [2.24, 2.45) is 4.99 Å². The van der Waals surface area contributed by atoms with Gasteiger partial charge < -0.3 is 24.8 Å². The van der Waals surface area contributed by atoms with Crippen LogP contribution < -0.4 is 20.1 Å². The van der Waals surface area contributed by atoms with Gasteiger partial charge in [0.1, 0.15) is 0 Å². The summed E-state index contributed by atoms with van der Waals surface area (Å²) in [4.78, 5) is 7.01. The van der Waals surface area contributed by atoms with Crippen LogP contribution in [0.15, 0.2) is 23.2 Å². The molecule has 1 atom stereocenters. The Kier molecular flexibility index (Phi) is 7.95. The SMILES string of the molecule is CN=C(NCc1ccc2c(c1)OCO2)NCC1(N2CCOCC2)CCSC1.I. The molecular weight excluding hydrogens is 491 g/mol. The molecule has 28 heavy (non-hydrogen) atoms. The van der Waals surface area contributed by atoms with Gasteiger partial charge in [-0.3, -0.25) is 9.89 Å². The minimum absolute atomic E-state index is 0. The number of rotatable bonds is 5. The van der Waals surface area contributed by atoms with Gasteiger partial charge in [-0.05, 0) is 29.9 Å². The number of guanidine groups is 1. The largest absolute Gasteiger partial charge is 0.454 e. The standard InChI is InChI=1S/C19H28N4O3S.HI/c1-20-18(21-11-15-2-3-16-17(10-15)26-14-25-16)22-12-19(4-9-27-13-19)23-5-7-24-8-6-23;/h2-3,10H,4-9,11-14H2,1H3,(H2,20,21,22);1H. The average molecular weight is 520 g/mol. The topological polar surface area (TPSA) is 67.4 Å². The molecule has 0 saturated carbocycles. The second kappa shape index (κ2) is 10.2. The summed E-state index contributed by atoms with van der Waals surface area (Å²) < 4.78 is 16.4. The van der Waals surface area contributed by atoms with Crippen molar-refractivity contribution in [2.45, 2.75) is 18.5 Å². The normalized spacial score (nSPS) is 24.7. The maximum atomic E-state index is 5.55. The molecule has 1 unspecified atom stereocenters. The summed E-state index contributed by atoms with van der Waals surface area (Å²) in [6.07, 6.45) is 1.21. The fourth-order valence-electron chi connectivity index (χ4n) is 3.84. The lowest BCUT2D eigenvalue weighted by molar-refractivity contribution is -0.0120. The summed E-state index contributed by atoms with van der Waals surface area (Å²) >= 11 is 2.05. The molecule has 2 saturated heterocycles. The van der Waals surface area contributed by atoms with E-state index in [0.29, 0.717) is 13.3 Å². The van der Waals surface area contributed by atoms with E-state index < -0.39 is 0 Å². The van der Waals surface area contributed by atoms with Crippen LogP contribution in [0.5, 0.6) is 11.5 Å². The van der Waals surface area contributed by atoms with Gasteiger partial charge in [0, 0.05) is 44.5 Å². The van der Waals surface area contributed by atoms with Gasteiger partial charge in [-0.25, -0.2) is 0 Å². The molecule has 1 aromatic carbocycles. The van der Waals surface area contributed by atoms with Gasteiger partial charge >= 0.3 is 0 Å². The monoisotopic (exact) mass is 520 g/mol. The lowest BCUT2D eigenvalue weighted by Gasteiger charge is -2.43. The third-order valence-corrected chi connectivity index (χ3v) is 6.70. The van der Waals surface area contributed by atoms with E-state index in [0.717, 1.165) is 55.9 Å². The van der Waals surface area contributed by atoms with Gasteiger partial charge in [-0.15, -0.1) is 24.0 Å². The summed E-state index contributed by atoms with van der Waals surface area (Å²) in [5.41, 5.74) is 1.34. The van der Waals surface area contributed by atoms with Crippen LogP contribution in [0, 0.1) is 0 Å². The smallest absolute Gasteiger partial charge is 0.231 e. The molecule has 0 spiro atoms. The zero-order chi connectivity index (χ0) is 18.5. The quantitative estimate of drug-likeness (QED) is 0.350. The maximum absolute atomic E-state index is 5.55. The van der Waals surface area contributed by atoms with E-state index in [4.69, 9.17) is 14.2 Å².